The van der Waals surface area contributed by atoms with Gasteiger partial charge in [0.1, 0.15) is 5.76 Å². The van der Waals surface area contributed by atoms with Crippen molar-refractivity contribution < 1.29 is 4.42 Å². The molecular weight excluding hydrogens is 230 g/mol. The van der Waals surface area contributed by atoms with Crippen molar-refractivity contribution in [2.45, 2.75) is 24.7 Å². The van der Waals surface area contributed by atoms with Crippen molar-refractivity contribution in [1.29, 1.82) is 0 Å². The van der Waals surface area contributed by atoms with E-state index in [-0.39, 0.29) is 5.41 Å². The van der Waals surface area contributed by atoms with Crippen LogP contribution < -0.4 is 5.32 Å². The van der Waals surface area contributed by atoms with Gasteiger partial charge in [0, 0.05) is 12.0 Å². The molecule has 1 N–H and O–H groups in total. The van der Waals surface area contributed by atoms with Crippen LogP contribution in [0.1, 0.15) is 25.0 Å². The normalized spacial score (nSPS) is 19.8. The standard InChI is InChI=1S/C10H14BrNO/c1-12-7-10(5-2-6-10)8-3-4-9(11)13-8/h3-4,12H,2,5-7H2,1H3. The third kappa shape index (κ3) is 1.55. The van der Waals surface area contributed by atoms with Crippen molar-refractivity contribution in [1.82, 2.24) is 5.32 Å². The maximum Gasteiger partial charge on any atom is 0.169 e. The fourth-order valence-corrected chi connectivity index (χ4v) is 2.36. The van der Waals surface area contributed by atoms with E-state index in [0.717, 1.165) is 17.0 Å². The van der Waals surface area contributed by atoms with Crippen molar-refractivity contribution in [2.24, 2.45) is 0 Å². The lowest BCUT2D eigenvalue weighted by Crippen LogP contribution is -2.42. The lowest BCUT2D eigenvalue weighted by Gasteiger charge is -2.39. The molecule has 1 aliphatic rings. The Morgan fingerprint density at radius 3 is 2.69 bits per heavy atom. The maximum atomic E-state index is 5.62. The van der Waals surface area contributed by atoms with Gasteiger partial charge in [-0.25, -0.2) is 0 Å². The first-order chi connectivity index (χ1) is 6.27. The maximum absolute atomic E-state index is 5.62. The van der Waals surface area contributed by atoms with Crippen LogP contribution in [0, 0.1) is 0 Å². The second kappa shape index (κ2) is 3.46. The summed E-state index contributed by atoms with van der Waals surface area (Å²) < 4.78 is 6.46. The molecule has 13 heavy (non-hydrogen) atoms. The summed E-state index contributed by atoms with van der Waals surface area (Å²) in [7, 11) is 2.00. The van der Waals surface area contributed by atoms with Crippen molar-refractivity contribution >= 4 is 15.9 Å². The fourth-order valence-electron chi connectivity index (χ4n) is 2.05. The molecule has 2 rings (SSSR count). The molecular formula is C10H14BrNO. The molecule has 1 heterocycles. The minimum atomic E-state index is 0.279. The number of halogens is 1. The van der Waals surface area contributed by atoms with Crippen molar-refractivity contribution in [3.63, 3.8) is 0 Å². The van der Waals surface area contributed by atoms with Gasteiger partial charge in [-0.1, -0.05) is 6.42 Å². The Labute approximate surface area is 86.8 Å². The summed E-state index contributed by atoms with van der Waals surface area (Å²) in [5.41, 5.74) is 0.279. The minimum Gasteiger partial charge on any atom is -0.454 e. The predicted octanol–water partition coefficient (Wildman–Crippen LogP) is 2.68. The Kier molecular flexibility index (Phi) is 2.47. The van der Waals surface area contributed by atoms with Crippen LogP contribution in [0.25, 0.3) is 0 Å². The molecule has 0 aromatic carbocycles. The Hall–Kier alpha value is -0.280. The van der Waals surface area contributed by atoms with E-state index in [1.807, 2.05) is 13.1 Å². The Morgan fingerprint density at radius 2 is 2.31 bits per heavy atom. The van der Waals surface area contributed by atoms with E-state index in [9.17, 15) is 0 Å². The largest absolute Gasteiger partial charge is 0.454 e. The highest BCUT2D eigenvalue weighted by Gasteiger charge is 2.40. The van der Waals surface area contributed by atoms with E-state index >= 15 is 0 Å². The van der Waals surface area contributed by atoms with Crippen LogP contribution in [0.4, 0.5) is 0 Å². The molecule has 1 aromatic rings. The quantitative estimate of drug-likeness (QED) is 0.884. The summed E-state index contributed by atoms with van der Waals surface area (Å²) in [6.07, 6.45) is 3.81. The van der Waals surface area contributed by atoms with Gasteiger partial charge in [0.2, 0.25) is 0 Å². The van der Waals surface area contributed by atoms with E-state index < -0.39 is 0 Å². The third-order valence-corrected chi connectivity index (χ3v) is 3.35. The van der Waals surface area contributed by atoms with Crippen molar-refractivity contribution in [2.75, 3.05) is 13.6 Å². The van der Waals surface area contributed by atoms with E-state index in [4.69, 9.17) is 4.42 Å². The Balaban J connectivity index is 2.21. The van der Waals surface area contributed by atoms with E-state index in [1.165, 1.54) is 19.3 Å². The number of nitrogens with one attached hydrogen (secondary N) is 1. The van der Waals surface area contributed by atoms with Crippen LogP contribution in [0.2, 0.25) is 0 Å². The van der Waals surface area contributed by atoms with Gasteiger partial charge in [-0.2, -0.15) is 0 Å². The van der Waals surface area contributed by atoms with Gasteiger partial charge in [-0.15, -0.1) is 0 Å². The average molecular weight is 244 g/mol. The molecule has 0 saturated heterocycles. The van der Waals surface area contributed by atoms with E-state index in [0.29, 0.717) is 0 Å². The molecule has 0 radical (unpaired) electrons. The number of furan rings is 1. The van der Waals surface area contributed by atoms with Crippen LogP contribution >= 0.6 is 15.9 Å². The van der Waals surface area contributed by atoms with Gasteiger partial charge in [0.25, 0.3) is 0 Å². The molecule has 1 saturated carbocycles. The van der Waals surface area contributed by atoms with Crippen LogP contribution in [0.3, 0.4) is 0 Å². The summed E-state index contributed by atoms with van der Waals surface area (Å²) in [6, 6.07) is 4.06. The topological polar surface area (TPSA) is 25.2 Å². The van der Waals surface area contributed by atoms with Crippen LogP contribution in [0.15, 0.2) is 21.2 Å². The summed E-state index contributed by atoms with van der Waals surface area (Å²) in [6.45, 7) is 1.02. The van der Waals surface area contributed by atoms with Gasteiger partial charge in [-0.05, 0) is 48.0 Å². The Morgan fingerprint density at radius 1 is 1.54 bits per heavy atom. The highest BCUT2D eigenvalue weighted by atomic mass is 79.9. The van der Waals surface area contributed by atoms with Gasteiger partial charge >= 0.3 is 0 Å². The third-order valence-electron chi connectivity index (χ3n) is 2.92. The first-order valence-electron chi connectivity index (χ1n) is 4.67. The Bertz CT molecular complexity index is 291. The van der Waals surface area contributed by atoms with Crippen LogP contribution in [-0.2, 0) is 5.41 Å². The van der Waals surface area contributed by atoms with Crippen LogP contribution in [-0.4, -0.2) is 13.6 Å². The number of rotatable bonds is 3. The molecule has 0 bridgehead atoms. The second-order valence-corrected chi connectivity index (χ2v) is 4.55. The number of likely N-dealkylation sites (N-methyl/N-ethyl adjacent to an activating group) is 1. The van der Waals surface area contributed by atoms with Gasteiger partial charge in [0.15, 0.2) is 4.67 Å². The molecule has 0 spiro atoms. The van der Waals surface area contributed by atoms with Crippen molar-refractivity contribution in [3.05, 3.63) is 22.6 Å². The number of hydrogen-bond donors (Lipinski definition) is 1. The first-order valence-corrected chi connectivity index (χ1v) is 5.47. The van der Waals surface area contributed by atoms with Crippen molar-refractivity contribution in [3.8, 4) is 0 Å². The molecule has 1 aromatic heterocycles. The number of hydrogen-bond acceptors (Lipinski definition) is 2. The van der Waals surface area contributed by atoms with Gasteiger partial charge in [-0.3, -0.25) is 0 Å². The van der Waals surface area contributed by atoms with E-state index in [2.05, 4.69) is 27.3 Å². The minimum absolute atomic E-state index is 0.279. The highest BCUT2D eigenvalue weighted by molar-refractivity contribution is 9.10. The lowest BCUT2D eigenvalue weighted by atomic mass is 9.67. The molecule has 3 heteroatoms. The molecule has 0 amide bonds. The zero-order valence-electron chi connectivity index (χ0n) is 7.77. The molecule has 72 valence electrons. The smallest absolute Gasteiger partial charge is 0.169 e. The summed E-state index contributed by atoms with van der Waals surface area (Å²) in [4.78, 5) is 0. The first kappa shape index (κ1) is 9.28. The zero-order chi connectivity index (χ0) is 9.31. The molecule has 0 unspecified atom stereocenters. The fraction of sp³-hybridized carbons (Fsp3) is 0.600. The highest BCUT2D eigenvalue weighted by Crippen LogP contribution is 2.44. The average Bonchev–Trinajstić information content (AvgIpc) is 2.44. The van der Waals surface area contributed by atoms with Gasteiger partial charge in [0.05, 0.1) is 0 Å². The van der Waals surface area contributed by atoms with E-state index in [1.54, 1.807) is 0 Å². The molecule has 0 atom stereocenters. The molecule has 2 nitrogen and oxygen atoms in total. The zero-order valence-corrected chi connectivity index (χ0v) is 9.36. The monoisotopic (exact) mass is 243 g/mol. The molecule has 1 fully saturated rings. The summed E-state index contributed by atoms with van der Waals surface area (Å²) >= 11 is 3.34. The second-order valence-electron chi connectivity index (χ2n) is 3.77. The SMILES string of the molecule is CNCC1(c2ccc(Br)o2)CCC1. The molecule has 0 aliphatic heterocycles. The van der Waals surface area contributed by atoms with Crippen LogP contribution in [0.5, 0.6) is 0 Å². The summed E-state index contributed by atoms with van der Waals surface area (Å²) in [5.74, 6) is 1.12. The lowest BCUT2D eigenvalue weighted by molar-refractivity contribution is 0.194. The molecule has 1 aliphatic carbocycles. The summed E-state index contributed by atoms with van der Waals surface area (Å²) in [5, 5.41) is 3.24. The van der Waals surface area contributed by atoms with Gasteiger partial charge < -0.3 is 9.73 Å². The predicted molar refractivity (Wildman–Crippen MR) is 55.9 cm³/mol.